The second-order valence-electron chi connectivity index (χ2n) is 16.2. The van der Waals surface area contributed by atoms with Crippen molar-refractivity contribution in [2.45, 2.75) is 54.4 Å². The second kappa shape index (κ2) is 14.1. The molecule has 0 spiro atoms. The standard InChI is InChI=1S/C56H48N2/c1-7-39-33-53(57(43-29-35(3)27-36(4)30-43)51-21-13-17-41-15-9-11-19-45(41)51)49-26-24-48-40(8-2)34-54(50-25-23-47(39)55(49)56(48)50)58(44-31-37(5)28-38(6)32-44)52-22-14-18-42-16-10-12-20-46(42)52/h9-34H,7-8H2,1-6H3. The molecule has 2 heteroatoms. The minimum Gasteiger partial charge on any atom is -0.309 e. The molecule has 0 unspecified atom stereocenters. The van der Waals surface area contributed by atoms with Gasteiger partial charge in [-0.05, 0) is 155 Å². The third-order valence-electron chi connectivity index (χ3n) is 12.2. The Bertz CT molecular complexity index is 2940. The number of nitrogens with zero attached hydrogens (tertiary/aromatic N) is 2. The summed E-state index contributed by atoms with van der Waals surface area (Å²) in [4.78, 5) is 5.07. The lowest BCUT2D eigenvalue weighted by atomic mass is 9.86. The maximum atomic E-state index is 2.53. The second-order valence-corrected chi connectivity index (χ2v) is 16.2. The molecule has 10 aromatic carbocycles. The highest BCUT2D eigenvalue weighted by molar-refractivity contribution is 6.29. The number of anilines is 6. The third-order valence-corrected chi connectivity index (χ3v) is 12.2. The predicted molar refractivity (Wildman–Crippen MR) is 252 cm³/mol. The first-order chi connectivity index (χ1) is 28.3. The maximum Gasteiger partial charge on any atom is 0.0543 e. The molecule has 0 aromatic heterocycles. The zero-order valence-electron chi connectivity index (χ0n) is 34.3. The van der Waals surface area contributed by atoms with Gasteiger partial charge in [0.05, 0.1) is 22.7 Å². The van der Waals surface area contributed by atoms with E-state index in [0.29, 0.717) is 0 Å². The van der Waals surface area contributed by atoms with Crippen molar-refractivity contribution >= 4 is 88.0 Å². The lowest BCUT2D eigenvalue weighted by molar-refractivity contribution is 1.15. The molecule has 0 radical (unpaired) electrons. The van der Waals surface area contributed by atoms with E-state index in [-0.39, 0.29) is 0 Å². The number of hydrogen-bond acceptors (Lipinski definition) is 2. The van der Waals surface area contributed by atoms with E-state index in [2.05, 4.69) is 209 Å². The highest BCUT2D eigenvalue weighted by atomic mass is 15.2. The molecular weight excluding hydrogens is 701 g/mol. The number of benzene rings is 10. The van der Waals surface area contributed by atoms with E-state index in [1.165, 1.54) is 121 Å². The minimum absolute atomic E-state index is 0.926. The lowest BCUT2D eigenvalue weighted by Gasteiger charge is -2.32. The van der Waals surface area contributed by atoms with Crippen LogP contribution < -0.4 is 9.80 Å². The Morgan fingerprint density at radius 1 is 0.328 bits per heavy atom. The van der Waals surface area contributed by atoms with Crippen LogP contribution in [-0.4, -0.2) is 0 Å². The molecule has 0 fully saturated rings. The van der Waals surface area contributed by atoms with Crippen LogP contribution in [0.5, 0.6) is 0 Å². The molecule has 0 atom stereocenters. The van der Waals surface area contributed by atoms with Crippen molar-refractivity contribution in [2.75, 3.05) is 9.80 Å². The van der Waals surface area contributed by atoms with Gasteiger partial charge in [0.2, 0.25) is 0 Å². The van der Waals surface area contributed by atoms with Crippen LogP contribution >= 0.6 is 0 Å². The summed E-state index contributed by atoms with van der Waals surface area (Å²) in [5.41, 5.74) is 14.9. The molecule has 0 bridgehead atoms. The van der Waals surface area contributed by atoms with Crippen molar-refractivity contribution in [3.8, 4) is 0 Å². The van der Waals surface area contributed by atoms with Crippen LogP contribution in [0.2, 0.25) is 0 Å². The monoisotopic (exact) mass is 748 g/mol. The molecule has 0 aliphatic rings. The summed E-state index contributed by atoms with van der Waals surface area (Å²) in [5, 5.41) is 12.8. The summed E-state index contributed by atoms with van der Waals surface area (Å²) in [5.74, 6) is 0. The van der Waals surface area contributed by atoms with Gasteiger partial charge in [0.25, 0.3) is 0 Å². The number of rotatable bonds is 8. The fourth-order valence-corrected chi connectivity index (χ4v) is 9.84. The van der Waals surface area contributed by atoms with E-state index < -0.39 is 0 Å². The predicted octanol–water partition coefficient (Wildman–Crippen LogP) is 16.2. The van der Waals surface area contributed by atoms with Gasteiger partial charge in [0.15, 0.2) is 0 Å². The van der Waals surface area contributed by atoms with E-state index in [1.54, 1.807) is 0 Å². The van der Waals surface area contributed by atoms with E-state index in [4.69, 9.17) is 0 Å². The SMILES string of the molecule is CCc1cc(N(c2cc(C)cc(C)c2)c2cccc3ccccc23)c2ccc3c(CC)cc(N(c4cc(C)cc(C)c4)c4cccc5ccccc45)c4ccc1c2c34. The van der Waals surface area contributed by atoms with Gasteiger partial charge >= 0.3 is 0 Å². The smallest absolute Gasteiger partial charge is 0.0543 e. The molecule has 10 aromatic rings. The Kier molecular flexibility index (Phi) is 8.68. The zero-order chi connectivity index (χ0) is 39.7. The fourth-order valence-electron chi connectivity index (χ4n) is 9.84. The molecule has 58 heavy (non-hydrogen) atoms. The van der Waals surface area contributed by atoms with Crippen molar-refractivity contribution in [3.05, 3.63) is 191 Å². The van der Waals surface area contributed by atoms with Gasteiger partial charge in [-0.2, -0.15) is 0 Å². The molecule has 2 nitrogen and oxygen atoms in total. The van der Waals surface area contributed by atoms with Crippen molar-refractivity contribution in [1.82, 2.24) is 0 Å². The molecule has 0 heterocycles. The van der Waals surface area contributed by atoms with Gasteiger partial charge in [0.1, 0.15) is 0 Å². The molecule has 0 N–H and O–H groups in total. The van der Waals surface area contributed by atoms with Crippen molar-refractivity contribution in [1.29, 1.82) is 0 Å². The van der Waals surface area contributed by atoms with Crippen LogP contribution in [0, 0.1) is 27.7 Å². The average molecular weight is 749 g/mol. The summed E-state index contributed by atoms with van der Waals surface area (Å²) in [6.45, 7) is 13.5. The van der Waals surface area contributed by atoms with Crippen molar-refractivity contribution < 1.29 is 0 Å². The highest BCUT2D eigenvalue weighted by Gasteiger charge is 2.26. The van der Waals surface area contributed by atoms with Gasteiger partial charge in [-0.3, -0.25) is 0 Å². The first kappa shape index (κ1) is 35.8. The zero-order valence-corrected chi connectivity index (χ0v) is 34.3. The van der Waals surface area contributed by atoms with E-state index >= 15 is 0 Å². The molecule has 0 amide bonds. The lowest BCUT2D eigenvalue weighted by Crippen LogP contribution is -2.13. The van der Waals surface area contributed by atoms with Gasteiger partial charge in [-0.15, -0.1) is 0 Å². The Labute approximate surface area is 341 Å². The summed E-state index contributed by atoms with van der Waals surface area (Å²) in [6, 6.07) is 59.6. The van der Waals surface area contributed by atoms with E-state index in [0.717, 1.165) is 12.8 Å². The van der Waals surface area contributed by atoms with Crippen molar-refractivity contribution in [3.63, 3.8) is 0 Å². The summed E-state index contributed by atoms with van der Waals surface area (Å²) < 4.78 is 0. The Hall–Kier alpha value is -6.64. The maximum absolute atomic E-state index is 2.53. The van der Waals surface area contributed by atoms with Crippen LogP contribution in [0.3, 0.4) is 0 Å². The van der Waals surface area contributed by atoms with Crippen LogP contribution in [0.25, 0.3) is 53.9 Å². The van der Waals surface area contributed by atoms with Gasteiger partial charge in [-0.1, -0.05) is 123 Å². The van der Waals surface area contributed by atoms with Gasteiger partial charge in [-0.25, -0.2) is 0 Å². The topological polar surface area (TPSA) is 6.48 Å². The third kappa shape index (κ3) is 5.78. The molecular formula is C56H48N2. The highest BCUT2D eigenvalue weighted by Crippen LogP contribution is 2.51. The first-order valence-electron chi connectivity index (χ1n) is 20.8. The van der Waals surface area contributed by atoms with Crippen LogP contribution in [0.1, 0.15) is 47.2 Å². The largest absolute Gasteiger partial charge is 0.309 e. The molecule has 0 aliphatic carbocycles. The van der Waals surface area contributed by atoms with E-state index in [1.807, 2.05) is 0 Å². The van der Waals surface area contributed by atoms with Crippen molar-refractivity contribution in [2.24, 2.45) is 0 Å². The Morgan fingerprint density at radius 3 is 1.09 bits per heavy atom. The molecule has 0 aliphatic heterocycles. The molecule has 282 valence electrons. The van der Waals surface area contributed by atoms with Crippen LogP contribution in [0.4, 0.5) is 34.1 Å². The number of fused-ring (bicyclic) bond motifs is 2. The summed E-state index contributed by atoms with van der Waals surface area (Å²) in [6.07, 6.45) is 1.85. The normalized spacial score (nSPS) is 11.8. The summed E-state index contributed by atoms with van der Waals surface area (Å²) >= 11 is 0. The van der Waals surface area contributed by atoms with Crippen LogP contribution in [0.15, 0.2) is 158 Å². The molecule has 0 saturated carbocycles. The Balaban J connectivity index is 1.34. The van der Waals surface area contributed by atoms with Gasteiger partial charge < -0.3 is 9.80 Å². The quantitative estimate of drug-likeness (QED) is 0.143. The Morgan fingerprint density at radius 2 is 0.690 bits per heavy atom. The first-order valence-corrected chi connectivity index (χ1v) is 20.8. The van der Waals surface area contributed by atoms with Crippen LogP contribution in [-0.2, 0) is 12.8 Å². The average Bonchev–Trinajstić information content (AvgIpc) is 3.23. The summed E-state index contributed by atoms with van der Waals surface area (Å²) in [7, 11) is 0. The van der Waals surface area contributed by atoms with Gasteiger partial charge in [0, 0.05) is 32.9 Å². The number of aryl methyl sites for hydroxylation is 6. The minimum atomic E-state index is 0.926. The fraction of sp³-hybridized carbons (Fsp3) is 0.143. The van der Waals surface area contributed by atoms with E-state index in [9.17, 15) is 0 Å². The molecule has 10 rings (SSSR count). The number of hydrogen-bond donors (Lipinski definition) is 0. The molecule has 0 saturated heterocycles.